The maximum atomic E-state index is 3.78. The van der Waals surface area contributed by atoms with Crippen LogP contribution in [0.15, 0.2) is 11.6 Å². The molecule has 0 aromatic heterocycles. The highest BCUT2D eigenvalue weighted by Crippen LogP contribution is 2.24. The summed E-state index contributed by atoms with van der Waals surface area (Å²) in [7, 11) is 0. The highest BCUT2D eigenvalue weighted by atomic mass is 14.9. The minimum atomic E-state index is 0.651. The number of hydrogen-bond donors (Lipinski definition) is 1. The van der Waals surface area contributed by atoms with Crippen molar-refractivity contribution in [2.45, 2.75) is 84.6 Å². The number of hydrogen-bond acceptors (Lipinski definition) is 1. The van der Waals surface area contributed by atoms with E-state index in [1.165, 1.54) is 64.3 Å². The van der Waals surface area contributed by atoms with Gasteiger partial charge < -0.3 is 5.32 Å². The van der Waals surface area contributed by atoms with E-state index in [0.717, 1.165) is 5.92 Å². The lowest BCUT2D eigenvalue weighted by Gasteiger charge is -2.26. The normalized spacial score (nSPS) is 20.7. The standard InChI is InChI=1S/C17H33N/c1-4-13-18-17(14-15(3)5-2)16-11-9-7-6-8-10-12-16/h11,15,17-18H,4-10,12-14H2,1-3H3. The summed E-state index contributed by atoms with van der Waals surface area (Å²) in [4.78, 5) is 0. The van der Waals surface area contributed by atoms with Crippen LogP contribution in [0.1, 0.15) is 78.6 Å². The molecular weight excluding hydrogens is 218 g/mol. The van der Waals surface area contributed by atoms with Crippen LogP contribution in [-0.2, 0) is 0 Å². The van der Waals surface area contributed by atoms with Gasteiger partial charge in [-0.15, -0.1) is 0 Å². The molecule has 0 heterocycles. The van der Waals surface area contributed by atoms with Crippen molar-refractivity contribution in [1.29, 1.82) is 0 Å². The summed E-state index contributed by atoms with van der Waals surface area (Å²) in [5, 5.41) is 3.78. The first-order chi connectivity index (χ1) is 8.77. The summed E-state index contributed by atoms with van der Waals surface area (Å²) in [5.74, 6) is 0.839. The molecule has 0 bridgehead atoms. The van der Waals surface area contributed by atoms with E-state index in [1.54, 1.807) is 5.57 Å². The van der Waals surface area contributed by atoms with Gasteiger partial charge in [0.1, 0.15) is 0 Å². The summed E-state index contributed by atoms with van der Waals surface area (Å²) in [6.07, 6.45) is 14.7. The van der Waals surface area contributed by atoms with Crippen molar-refractivity contribution in [1.82, 2.24) is 5.32 Å². The van der Waals surface area contributed by atoms with Crippen LogP contribution in [0.25, 0.3) is 0 Å². The average Bonchev–Trinajstić information content (AvgIpc) is 2.34. The van der Waals surface area contributed by atoms with Crippen molar-refractivity contribution < 1.29 is 0 Å². The van der Waals surface area contributed by atoms with Gasteiger partial charge in [0.15, 0.2) is 0 Å². The van der Waals surface area contributed by atoms with Crippen LogP contribution in [0.4, 0.5) is 0 Å². The fraction of sp³-hybridized carbons (Fsp3) is 0.882. The SMILES string of the molecule is CCCNC(CC(C)CC)C1=CCCCCCC1. The molecule has 1 rings (SSSR count). The van der Waals surface area contributed by atoms with Crippen LogP contribution in [0.2, 0.25) is 0 Å². The Hall–Kier alpha value is -0.300. The van der Waals surface area contributed by atoms with Crippen molar-refractivity contribution in [3.63, 3.8) is 0 Å². The molecule has 106 valence electrons. The van der Waals surface area contributed by atoms with Crippen molar-refractivity contribution in [3.8, 4) is 0 Å². The van der Waals surface area contributed by atoms with Gasteiger partial charge in [0.25, 0.3) is 0 Å². The Labute approximate surface area is 114 Å². The molecule has 0 aromatic carbocycles. The fourth-order valence-electron chi connectivity index (χ4n) is 2.79. The Morgan fingerprint density at radius 2 is 1.94 bits per heavy atom. The molecule has 0 amide bonds. The third-order valence-electron chi connectivity index (χ3n) is 4.25. The molecule has 1 aliphatic carbocycles. The lowest BCUT2D eigenvalue weighted by molar-refractivity contribution is 0.414. The van der Waals surface area contributed by atoms with E-state index in [-0.39, 0.29) is 0 Å². The quantitative estimate of drug-likeness (QED) is 0.623. The molecule has 0 fully saturated rings. The van der Waals surface area contributed by atoms with E-state index in [4.69, 9.17) is 0 Å². The van der Waals surface area contributed by atoms with Gasteiger partial charge in [-0.05, 0) is 51.0 Å². The zero-order valence-electron chi connectivity index (χ0n) is 12.8. The second-order valence-corrected chi connectivity index (χ2v) is 5.99. The predicted octanol–water partition coefficient (Wildman–Crippen LogP) is 5.07. The molecule has 0 saturated carbocycles. The van der Waals surface area contributed by atoms with Crippen molar-refractivity contribution in [2.75, 3.05) is 6.54 Å². The zero-order valence-corrected chi connectivity index (χ0v) is 12.8. The molecule has 1 nitrogen and oxygen atoms in total. The minimum Gasteiger partial charge on any atom is -0.310 e. The molecule has 0 aliphatic heterocycles. The van der Waals surface area contributed by atoms with Crippen LogP contribution in [0, 0.1) is 5.92 Å². The Bertz CT molecular complexity index is 232. The summed E-state index contributed by atoms with van der Waals surface area (Å²) in [5.41, 5.74) is 1.71. The molecule has 2 atom stereocenters. The second-order valence-electron chi connectivity index (χ2n) is 5.99. The largest absolute Gasteiger partial charge is 0.310 e. The van der Waals surface area contributed by atoms with Crippen LogP contribution < -0.4 is 5.32 Å². The molecule has 1 heteroatoms. The topological polar surface area (TPSA) is 12.0 Å². The maximum Gasteiger partial charge on any atom is 0.0281 e. The number of allylic oxidation sites excluding steroid dienone is 1. The lowest BCUT2D eigenvalue weighted by Crippen LogP contribution is -2.33. The third-order valence-corrected chi connectivity index (χ3v) is 4.25. The summed E-state index contributed by atoms with van der Waals surface area (Å²) in [6, 6.07) is 0.651. The van der Waals surface area contributed by atoms with Gasteiger partial charge in [-0.25, -0.2) is 0 Å². The van der Waals surface area contributed by atoms with E-state index < -0.39 is 0 Å². The molecule has 2 unspecified atom stereocenters. The molecule has 0 spiro atoms. The van der Waals surface area contributed by atoms with E-state index in [0.29, 0.717) is 6.04 Å². The molecule has 0 saturated heterocycles. The lowest BCUT2D eigenvalue weighted by atomic mass is 9.89. The highest BCUT2D eigenvalue weighted by Gasteiger charge is 2.16. The molecule has 1 aliphatic rings. The van der Waals surface area contributed by atoms with E-state index in [9.17, 15) is 0 Å². The van der Waals surface area contributed by atoms with Gasteiger partial charge >= 0.3 is 0 Å². The van der Waals surface area contributed by atoms with Gasteiger partial charge in [0, 0.05) is 6.04 Å². The van der Waals surface area contributed by atoms with Gasteiger partial charge in [-0.3, -0.25) is 0 Å². The van der Waals surface area contributed by atoms with Gasteiger partial charge in [0.2, 0.25) is 0 Å². The Balaban J connectivity index is 2.59. The highest BCUT2D eigenvalue weighted by molar-refractivity contribution is 5.12. The van der Waals surface area contributed by atoms with Gasteiger partial charge in [0.05, 0.1) is 0 Å². The number of rotatable bonds is 7. The van der Waals surface area contributed by atoms with Crippen LogP contribution in [0.3, 0.4) is 0 Å². The first-order valence-corrected chi connectivity index (χ1v) is 8.20. The van der Waals surface area contributed by atoms with Crippen molar-refractivity contribution >= 4 is 0 Å². The van der Waals surface area contributed by atoms with Crippen LogP contribution in [-0.4, -0.2) is 12.6 Å². The molecule has 18 heavy (non-hydrogen) atoms. The summed E-state index contributed by atoms with van der Waals surface area (Å²) >= 11 is 0. The molecule has 1 N–H and O–H groups in total. The fourth-order valence-corrected chi connectivity index (χ4v) is 2.79. The van der Waals surface area contributed by atoms with Crippen molar-refractivity contribution in [2.24, 2.45) is 5.92 Å². The van der Waals surface area contributed by atoms with Gasteiger partial charge in [-0.1, -0.05) is 51.7 Å². The monoisotopic (exact) mass is 251 g/mol. The minimum absolute atomic E-state index is 0.651. The number of nitrogens with one attached hydrogen (secondary N) is 1. The van der Waals surface area contributed by atoms with E-state index in [2.05, 4.69) is 32.2 Å². The van der Waals surface area contributed by atoms with Crippen LogP contribution in [0.5, 0.6) is 0 Å². The van der Waals surface area contributed by atoms with E-state index >= 15 is 0 Å². The molecule has 0 aromatic rings. The molecular formula is C17H33N. The Morgan fingerprint density at radius 3 is 2.67 bits per heavy atom. The average molecular weight is 251 g/mol. The Kier molecular flexibility index (Phi) is 8.41. The van der Waals surface area contributed by atoms with Crippen LogP contribution >= 0.6 is 0 Å². The first-order valence-electron chi connectivity index (χ1n) is 8.20. The second kappa shape index (κ2) is 9.61. The maximum absolute atomic E-state index is 3.78. The van der Waals surface area contributed by atoms with Gasteiger partial charge in [-0.2, -0.15) is 0 Å². The zero-order chi connectivity index (χ0) is 13.2. The first kappa shape index (κ1) is 15.8. The molecule has 0 radical (unpaired) electrons. The van der Waals surface area contributed by atoms with Crippen molar-refractivity contribution in [3.05, 3.63) is 11.6 Å². The predicted molar refractivity (Wildman–Crippen MR) is 81.9 cm³/mol. The van der Waals surface area contributed by atoms with E-state index in [1.807, 2.05) is 0 Å². The Morgan fingerprint density at radius 1 is 1.17 bits per heavy atom. The third kappa shape index (κ3) is 6.04. The smallest absolute Gasteiger partial charge is 0.0281 e. The summed E-state index contributed by atoms with van der Waals surface area (Å²) < 4.78 is 0. The summed E-state index contributed by atoms with van der Waals surface area (Å²) in [6.45, 7) is 8.14.